The molecule has 0 bridgehead atoms. The van der Waals surface area contributed by atoms with Crippen LogP contribution in [0.2, 0.25) is 5.02 Å². The average molecular weight is 328 g/mol. The summed E-state index contributed by atoms with van der Waals surface area (Å²) in [5, 5.41) is 9.46. The smallest absolute Gasteiger partial charge is 0.305 e. The number of carboxylic acids is 1. The number of hydrogen-bond acceptors (Lipinski definition) is 4. The molecule has 1 fully saturated rings. The Kier molecular flexibility index (Phi) is 5.63. The number of rotatable bonds is 5. The van der Waals surface area contributed by atoms with E-state index in [2.05, 4.69) is 0 Å². The summed E-state index contributed by atoms with van der Waals surface area (Å²) in [6, 6.07) is 4.64. The molecular formula is C15H18ClNO5. The molecule has 1 unspecified atom stereocenters. The summed E-state index contributed by atoms with van der Waals surface area (Å²) in [5.41, 5.74) is 0.681. The normalized spacial score (nSPS) is 18.1. The van der Waals surface area contributed by atoms with Crippen molar-refractivity contribution in [2.24, 2.45) is 0 Å². The minimum absolute atomic E-state index is 0.111. The number of carbonyl (C=O) groups is 2. The Hall–Kier alpha value is -1.79. The lowest BCUT2D eigenvalue weighted by Crippen LogP contribution is -2.50. The van der Waals surface area contributed by atoms with Crippen molar-refractivity contribution in [1.29, 1.82) is 0 Å². The van der Waals surface area contributed by atoms with E-state index in [-0.39, 0.29) is 25.4 Å². The largest absolute Gasteiger partial charge is 0.496 e. The van der Waals surface area contributed by atoms with Crippen LogP contribution < -0.4 is 4.74 Å². The molecule has 0 radical (unpaired) electrons. The van der Waals surface area contributed by atoms with Crippen LogP contribution in [0.3, 0.4) is 0 Å². The van der Waals surface area contributed by atoms with Gasteiger partial charge in [0.15, 0.2) is 0 Å². The predicted octanol–water partition coefficient (Wildman–Crippen LogP) is 1.59. The molecular weight excluding hydrogens is 310 g/mol. The van der Waals surface area contributed by atoms with Gasteiger partial charge in [-0.2, -0.15) is 0 Å². The van der Waals surface area contributed by atoms with E-state index in [0.29, 0.717) is 29.5 Å². The van der Waals surface area contributed by atoms with Crippen LogP contribution in [0.4, 0.5) is 0 Å². The van der Waals surface area contributed by atoms with Crippen molar-refractivity contribution in [3.63, 3.8) is 0 Å². The van der Waals surface area contributed by atoms with Crippen LogP contribution in [-0.4, -0.2) is 54.8 Å². The lowest BCUT2D eigenvalue weighted by Gasteiger charge is -2.35. The summed E-state index contributed by atoms with van der Waals surface area (Å²) >= 11 is 5.96. The van der Waals surface area contributed by atoms with E-state index in [1.807, 2.05) is 0 Å². The summed E-state index contributed by atoms with van der Waals surface area (Å²) in [4.78, 5) is 25.0. The maximum atomic E-state index is 12.5. The van der Waals surface area contributed by atoms with Crippen molar-refractivity contribution in [1.82, 2.24) is 4.90 Å². The molecule has 1 aliphatic rings. The van der Waals surface area contributed by atoms with Gasteiger partial charge in [0.25, 0.3) is 0 Å². The van der Waals surface area contributed by atoms with Crippen molar-refractivity contribution in [3.05, 3.63) is 28.8 Å². The molecule has 0 aromatic heterocycles. The fourth-order valence-corrected chi connectivity index (χ4v) is 2.70. The van der Waals surface area contributed by atoms with Crippen LogP contribution in [0.15, 0.2) is 18.2 Å². The minimum Gasteiger partial charge on any atom is -0.496 e. The number of ether oxygens (including phenoxy) is 2. The van der Waals surface area contributed by atoms with Crippen LogP contribution in [0.1, 0.15) is 12.0 Å². The third-order valence-electron chi connectivity index (χ3n) is 3.54. The van der Waals surface area contributed by atoms with Crippen molar-refractivity contribution in [3.8, 4) is 5.75 Å². The molecule has 6 nitrogen and oxygen atoms in total. The van der Waals surface area contributed by atoms with Gasteiger partial charge in [-0.3, -0.25) is 9.59 Å². The highest BCUT2D eigenvalue weighted by Crippen LogP contribution is 2.24. The molecule has 1 aromatic carbocycles. The van der Waals surface area contributed by atoms with E-state index < -0.39 is 12.0 Å². The molecule has 0 aliphatic carbocycles. The minimum atomic E-state index is -0.950. The summed E-state index contributed by atoms with van der Waals surface area (Å²) in [7, 11) is 1.53. The van der Waals surface area contributed by atoms with E-state index in [1.165, 1.54) is 7.11 Å². The van der Waals surface area contributed by atoms with Gasteiger partial charge in [-0.15, -0.1) is 0 Å². The van der Waals surface area contributed by atoms with E-state index in [4.69, 9.17) is 26.2 Å². The van der Waals surface area contributed by atoms with Gasteiger partial charge in [0.05, 0.1) is 39.2 Å². The third-order valence-corrected chi connectivity index (χ3v) is 3.78. The number of carbonyl (C=O) groups excluding carboxylic acids is 1. The first kappa shape index (κ1) is 16.6. The fourth-order valence-electron chi connectivity index (χ4n) is 2.50. The zero-order valence-electron chi connectivity index (χ0n) is 12.3. The van der Waals surface area contributed by atoms with Gasteiger partial charge in [-0.1, -0.05) is 11.6 Å². The second-order valence-corrected chi connectivity index (χ2v) is 5.48. The van der Waals surface area contributed by atoms with Crippen LogP contribution in [0.5, 0.6) is 5.75 Å². The van der Waals surface area contributed by atoms with E-state index >= 15 is 0 Å². The topological polar surface area (TPSA) is 76.1 Å². The molecule has 2 rings (SSSR count). The maximum Gasteiger partial charge on any atom is 0.305 e. The zero-order chi connectivity index (χ0) is 16.1. The van der Waals surface area contributed by atoms with Crippen LogP contribution in [0.25, 0.3) is 0 Å². The number of nitrogens with zero attached hydrogens (tertiary/aromatic N) is 1. The van der Waals surface area contributed by atoms with Crippen molar-refractivity contribution in [2.45, 2.75) is 18.9 Å². The van der Waals surface area contributed by atoms with Crippen LogP contribution >= 0.6 is 11.6 Å². The molecule has 0 saturated carbocycles. The Morgan fingerprint density at radius 2 is 2.27 bits per heavy atom. The molecule has 1 aromatic rings. The average Bonchev–Trinajstić information content (AvgIpc) is 2.47. The summed E-state index contributed by atoms with van der Waals surface area (Å²) in [5.74, 6) is -0.524. The summed E-state index contributed by atoms with van der Waals surface area (Å²) < 4.78 is 10.5. The van der Waals surface area contributed by atoms with Gasteiger partial charge in [-0.05, 0) is 18.2 Å². The van der Waals surface area contributed by atoms with Gasteiger partial charge in [0.1, 0.15) is 5.75 Å². The lowest BCUT2D eigenvalue weighted by atomic mass is 10.1. The van der Waals surface area contributed by atoms with Crippen molar-refractivity contribution >= 4 is 23.5 Å². The Morgan fingerprint density at radius 1 is 1.50 bits per heavy atom. The summed E-state index contributed by atoms with van der Waals surface area (Å²) in [6.45, 7) is 1.04. The molecule has 120 valence electrons. The first-order chi connectivity index (χ1) is 10.5. The number of hydrogen-bond donors (Lipinski definition) is 1. The zero-order valence-corrected chi connectivity index (χ0v) is 13.0. The number of methoxy groups -OCH3 is 1. The van der Waals surface area contributed by atoms with Gasteiger partial charge in [0.2, 0.25) is 5.91 Å². The van der Waals surface area contributed by atoms with Gasteiger partial charge in [0, 0.05) is 17.1 Å². The number of benzene rings is 1. The highest BCUT2D eigenvalue weighted by molar-refractivity contribution is 6.30. The molecule has 1 N–H and O–H groups in total. The molecule has 22 heavy (non-hydrogen) atoms. The van der Waals surface area contributed by atoms with E-state index in [9.17, 15) is 9.59 Å². The monoisotopic (exact) mass is 327 g/mol. The second-order valence-electron chi connectivity index (χ2n) is 5.05. The highest BCUT2D eigenvalue weighted by Gasteiger charge is 2.29. The van der Waals surface area contributed by atoms with E-state index in [0.717, 1.165) is 0 Å². The second kappa shape index (κ2) is 7.47. The Morgan fingerprint density at radius 3 is 2.95 bits per heavy atom. The fraction of sp³-hybridized carbons (Fsp3) is 0.467. The van der Waals surface area contributed by atoms with Crippen LogP contribution in [0, 0.1) is 0 Å². The molecule has 7 heteroatoms. The Labute approximate surface area is 133 Å². The van der Waals surface area contributed by atoms with Gasteiger partial charge in [-0.25, -0.2) is 0 Å². The quantitative estimate of drug-likeness (QED) is 0.889. The number of halogens is 1. The standard InChI is InChI=1S/C15H18ClNO5/c1-21-13-3-2-11(16)6-10(13)7-14(18)17-4-5-22-9-12(17)8-15(19)20/h2-3,6,12H,4-5,7-9H2,1H3,(H,19,20). The number of aliphatic carboxylic acids is 1. The Balaban J connectivity index is 2.13. The third kappa shape index (κ3) is 4.11. The lowest BCUT2D eigenvalue weighted by molar-refractivity contribution is -0.145. The SMILES string of the molecule is COc1ccc(Cl)cc1CC(=O)N1CCOCC1CC(=O)O. The number of carboxylic acid groups (broad SMARTS) is 1. The molecule has 0 spiro atoms. The molecule has 1 atom stereocenters. The van der Waals surface area contributed by atoms with Gasteiger partial charge < -0.3 is 19.5 Å². The number of amides is 1. The van der Waals surface area contributed by atoms with Crippen molar-refractivity contribution in [2.75, 3.05) is 26.9 Å². The molecule has 1 saturated heterocycles. The van der Waals surface area contributed by atoms with Gasteiger partial charge >= 0.3 is 5.97 Å². The summed E-state index contributed by atoms with van der Waals surface area (Å²) in [6.07, 6.45) is -0.0156. The molecule has 1 amide bonds. The Bertz CT molecular complexity index is 563. The number of morpholine rings is 1. The first-order valence-corrected chi connectivity index (χ1v) is 7.30. The molecule has 1 aliphatic heterocycles. The van der Waals surface area contributed by atoms with Crippen molar-refractivity contribution < 1.29 is 24.2 Å². The maximum absolute atomic E-state index is 12.5. The van der Waals surface area contributed by atoms with E-state index in [1.54, 1.807) is 23.1 Å². The van der Waals surface area contributed by atoms with Crippen LogP contribution in [-0.2, 0) is 20.7 Å². The highest BCUT2D eigenvalue weighted by atomic mass is 35.5. The first-order valence-electron chi connectivity index (χ1n) is 6.92. The predicted molar refractivity (Wildman–Crippen MR) is 80.3 cm³/mol. The molecule has 1 heterocycles.